The van der Waals surface area contributed by atoms with Gasteiger partial charge in [0, 0.05) is 18.9 Å². The van der Waals surface area contributed by atoms with Gasteiger partial charge < -0.3 is 14.5 Å². The molecule has 0 bridgehead atoms. The first-order valence-electron chi connectivity index (χ1n) is 8.33. The van der Waals surface area contributed by atoms with Gasteiger partial charge in [0.05, 0.1) is 24.7 Å². The predicted molar refractivity (Wildman–Crippen MR) is 95.8 cm³/mol. The van der Waals surface area contributed by atoms with Crippen molar-refractivity contribution in [3.8, 4) is 17.1 Å². The van der Waals surface area contributed by atoms with Crippen LogP contribution in [-0.2, 0) is 11.3 Å². The van der Waals surface area contributed by atoms with Crippen molar-refractivity contribution in [2.24, 2.45) is 0 Å². The fourth-order valence-electron chi connectivity index (χ4n) is 2.79. The number of ether oxygens (including phenoxy) is 2. The molecule has 0 atom stereocenters. The molecule has 3 aromatic heterocycles. The average molecular weight is 368 g/mol. The second kappa shape index (κ2) is 7.50. The molecule has 0 unspecified atom stereocenters. The maximum atomic E-state index is 13.4. The van der Waals surface area contributed by atoms with Crippen LogP contribution in [0.1, 0.15) is 5.56 Å². The van der Waals surface area contributed by atoms with E-state index in [-0.39, 0.29) is 5.82 Å². The van der Waals surface area contributed by atoms with E-state index < -0.39 is 0 Å². The van der Waals surface area contributed by atoms with Gasteiger partial charge in [-0.3, -0.25) is 0 Å². The fraction of sp³-hybridized carbons (Fsp3) is 0.222. The van der Waals surface area contributed by atoms with Gasteiger partial charge in [-0.1, -0.05) is 17.3 Å². The molecule has 0 saturated carbocycles. The van der Waals surface area contributed by atoms with Crippen LogP contribution < -0.4 is 4.74 Å². The van der Waals surface area contributed by atoms with Crippen molar-refractivity contribution in [2.75, 3.05) is 20.3 Å². The molecule has 0 fully saturated rings. The number of hydrogen-bond donors (Lipinski definition) is 1. The summed E-state index contributed by atoms with van der Waals surface area (Å²) in [5, 5.41) is 9.09. The molecule has 9 heteroatoms. The minimum Gasteiger partial charge on any atom is -0.475 e. The van der Waals surface area contributed by atoms with Crippen LogP contribution in [0.25, 0.3) is 22.3 Å². The van der Waals surface area contributed by atoms with Gasteiger partial charge in [0.15, 0.2) is 0 Å². The zero-order valence-electron chi connectivity index (χ0n) is 14.6. The smallest absolute Gasteiger partial charge is 0.226 e. The lowest BCUT2D eigenvalue weighted by Crippen LogP contribution is -2.05. The van der Waals surface area contributed by atoms with Gasteiger partial charge in [-0.2, -0.15) is 0 Å². The van der Waals surface area contributed by atoms with E-state index in [1.807, 2.05) is 6.07 Å². The van der Waals surface area contributed by atoms with Crippen molar-refractivity contribution in [1.82, 2.24) is 29.9 Å². The van der Waals surface area contributed by atoms with E-state index >= 15 is 0 Å². The summed E-state index contributed by atoms with van der Waals surface area (Å²) in [6.45, 7) is 1.25. The Morgan fingerprint density at radius 2 is 2.15 bits per heavy atom. The second-order valence-electron chi connectivity index (χ2n) is 5.88. The highest BCUT2D eigenvalue weighted by Gasteiger charge is 2.16. The van der Waals surface area contributed by atoms with E-state index in [1.165, 1.54) is 18.5 Å². The highest BCUT2D eigenvalue weighted by Crippen LogP contribution is 2.31. The van der Waals surface area contributed by atoms with Gasteiger partial charge in [-0.25, -0.2) is 19.0 Å². The average Bonchev–Trinajstić information content (AvgIpc) is 3.29. The fourth-order valence-corrected chi connectivity index (χ4v) is 2.79. The minimum absolute atomic E-state index is 0.278. The van der Waals surface area contributed by atoms with Crippen molar-refractivity contribution in [3.63, 3.8) is 0 Å². The number of halogens is 1. The molecule has 1 aromatic carbocycles. The van der Waals surface area contributed by atoms with E-state index in [1.54, 1.807) is 30.3 Å². The zero-order valence-corrected chi connectivity index (χ0v) is 14.6. The van der Waals surface area contributed by atoms with Crippen molar-refractivity contribution in [3.05, 3.63) is 54.4 Å². The molecule has 0 aliphatic heterocycles. The highest BCUT2D eigenvalue weighted by molar-refractivity contribution is 5.95. The maximum absolute atomic E-state index is 13.4. The number of nitrogens with zero attached hydrogens (tertiary/aromatic N) is 5. The lowest BCUT2D eigenvalue weighted by molar-refractivity contribution is 0.144. The van der Waals surface area contributed by atoms with Crippen LogP contribution in [0.4, 0.5) is 4.39 Å². The summed E-state index contributed by atoms with van der Waals surface area (Å²) in [6, 6.07) is 6.39. The molecule has 0 saturated heterocycles. The lowest BCUT2D eigenvalue weighted by atomic mass is 10.2. The highest BCUT2D eigenvalue weighted by atomic mass is 19.1. The Morgan fingerprint density at radius 3 is 3.00 bits per heavy atom. The summed E-state index contributed by atoms with van der Waals surface area (Å²) >= 11 is 0. The monoisotopic (exact) mass is 368 g/mol. The molecule has 27 heavy (non-hydrogen) atoms. The molecule has 0 aliphatic rings. The molecule has 3 heterocycles. The van der Waals surface area contributed by atoms with Crippen LogP contribution in [0.2, 0.25) is 0 Å². The molecular weight excluding hydrogens is 351 g/mol. The Bertz CT molecular complexity index is 1060. The minimum atomic E-state index is -0.278. The number of rotatable bonds is 7. The van der Waals surface area contributed by atoms with E-state index in [0.717, 1.165) is 16.5 Å². The largest absolute Gasteiger partial charge is 0.475 e. The SMILES string of the molecule is COCCOc1ncnc2[nH]cc(-c3cn(Cc4cccc(F)c4)nn3)c12. The van der Waals surface area contributed by atoms with Crippen molar-refractivity contribution < 1.29 is 13.9 Å². The Kier molecular flexibility index (Phi) is 4.75. The van der Waals surface area contributed by atoms with Gasteiger partial charge in [0.2, 0.25) is 5.88 Å². The molecule has 8 nitrogen and oxygen atoms in total. The summed E-state index contributed by atoms with van der Waals surface area (Å²) in [6.07, 6.45) is 5.02. The van der Waals surface area contributed by atoms with Crippen LogP contribution in [0.5, 0.6) is 5.88 Å². The zero-order chi connectivity index (χ0) is 18.6. The third kappa shape index (κ3) is 3.63. The quantitative estimate of drug-likeness (QED) is 0.504. The predicted octanol–water partition coefficient (Wildman–Crippen LogP) is 2.43. The summed E-state index contributed by atoms with van der Waals surface area (Å²) in [5.74, 6) is 0.174. The van der Waals surface area contributed by atoms with Crippen LogP contribution in [0.15, 0.2) is 43.0 Å². The Balaban J connectivity index is 1.64. The topological polar surface area (TPSA) is 90.7 Å². The number of H-pyrrole nitrogens is 1. The normalized spacial score (nSPS) is 11.2. The maximum Gasteiger partial charge on any atom is 0.226 e. The Morgan fingerprint density at radius 1 is 1.22 bits per heavy atom. The van der Waals surface area contributed by atoms with Crippen LogP contribution in [0.3, 0.4) is 0 Å². The number of fused-ring (bicyclic) bond motifs is 1. The van der Waals surface area contributed by atoms with Gasteiger partial charge in [-0.15, -0.1) is 5.10 Å². The number of aromatic nitrogens is 6. The second-order valence-corrected chi connectivity index (χ2v) is 5.88. The van der Waals surface area contributed by atoms with Gasteiger partial charge in [0.1, 0.15) is 30.1 Å². The van der Waals surface area contributed by atoms with Crippen LogP contribution in [0, 0.1) is 5.82 Å². The third-order valence-corrected chi connectivity index (χ3v) is 4.01. The molecule has 0 spiro atoms. The van der Waals surface area contributed by atoms with Crippen molar-refractivity contribution >= 4 is 11.0 Å². The summed E-state index contributed by atoms with van der Waals surface area (Å²) in [5.41, 5.74) is 2.87. The van der Waals surface area contributed by atoms with E-state index in [2.05, 4.69) is 25.3 Å². The first-order chi connectivity index (χ1) is 13.2. The van der Waals surface area contributed by atoms with Gasteiger partial charge >= 0.3 is 0 Å². The number of nitrogens with one attached hydrogen (secondary N) is 1. The summed E-state index contributed by atoms with van der Waals surface area (Å²) in [7, 11) is 1.61. The van der Waals surface area contributed by atoms with Gasteiger partial charge in [0.25, 0.3) is 0 Å². The van der Waals surface area contributed by atoms with E-state index in [9.17, 15) is 4.39 Å². The van der Waals surface area contributed by atoms with Gasteiger partial charge in [-0.05, 0) is 17.7 Å². The number of hydrogen-bond acceptors (Lipinski definition) is 6. The first-order valence-corrected chi connectivity index (χ1v) is 8.33. The van der Waals surface area contributed by atoms with E-state index in [0.29, 0.717) is 37.0 Å². The first kappa shape index (κ1) is 17.1. The van der Waals surface area contributed by atoms with Crippen LogP contribution in [-0.4, -0.2) is 50.3 Å². The number of benzene rings is 1. The molecular formula is C18H17FN6O2. The molecule has 138 valence electrons. The summed E-state index contributed by atoms with van der Waals surface area (Å²) < 4.78 is 25.7. The van der Waals surface area contributed by atoms with E-state index in [4.69, 9.17) is 9.47 Å². The lowest BCUT2D eigenvalue weighted by Gasteiger charge is -2.06. The molecule has 0 aliphatic carbocycles. The Hall–Kier alpha value is -3.33. The molecule has 0 amide bonds. The summed E-state index contributed by atoms with van der Waals surface area (Å²) in [4.78, 5) is 11.5. The number of methoxy groups -OCH3 is 1. The standard InChI is InChI=1S/C18H17FN6O2/c1-26-5-6-27-18-16-14(8-20-17(16)21-11-22-18)15-10-25(24-23-15)9-12-3-2-4-13(19)7-12/h2-4,7-8,10-11H,5-6,9H2,1H3,(H,20,21,22). The molecule has 4 rings (SSSR count). The molecule has 1 N–H and O–H groups in total. The molecule has 0 radical (unpaired) electrons. The van der Waals surface area contributed by atoms with Crippen molar-refractivity contribution in [2.45, 2.75) is 6.54 Å². The third-order valence-electron chi connectivity index (χ3n) is 4.01. The Labute approximate surface area is 154 Å². The number of aromatic amines is 1. The van der Waals surface area contributed by atoms with Crippen molar-refractivity contribution in [1.29, 1.82) is 0 Å². The molecule has 4 aromatic rings. The van der Waals surface area contributed by atoms with Crippen LogP contribution >= 0.6 is 0 Å².